The van der Waals surface area contributed by atoms with Crippen molar-refractivity contribution in [3.63, 3.8) is 0 Å². The van der Waals surface area contributed by atoms with Crippen LogP contribution in [0.15, 0.2) is 35.0 Å². The number of hydrogen-bond donors (Lipinski definition) is 0. The van der Waals surface area contributed by atoms with Gasteiger partial charge in [-0.3, -0.25) is 0 Å². The van der Waals surface area contributed by atoms with E-state index in [1.54, 1.807) is 0 Å². The second kappa shape index (κ2) is 40.4. The Bertz CT molecular complexity index is 2670. The average molecular weight is 1220 g/mol. The third-order valence-corrected chi connectivity index (χ3v) is 21.3. The molecule has 0 fully saturated rings. The molecule has 6 nitrogen and oxygen atoms in total. The van der Waals surface area contributed by atoms with Crippen LogP contribution in [-0.4, -0.2) is 30.7 Å². The van der Waals surface area contributed by atoms with Crippen molar-refractivity contribution in [2.75, 3.05) is 13.2 Å². The number of nitrogens with zero attached hydrogens (tertiary/aromatic N) is 4. The van der Waals surface area contributed by atoms with Crippen molar-refractivity contribution in [2.24, 2.45) is 11.8 Å². The molecule has 10 heteroatoms. The highest BCUT2D eigenvalue weighted by Gasteiger charge is 2.28. The minimum absolute atomic E-state index is 0.639. The number of aromatic nitrogens is 4. The van der Waals surface area contributed by atoms with Crippen LogP contribution in [0.3, 0.4) is 0 Å². The number of hydrogen-bond acceptors (Lipinski definition) is 10. The molecule has 0 aliphatic heterocycles. The zero-order chi connectivity index (χ0) is 58.8. The molecule has 0 saturated heterocycles. The van der Waals surface area contributed by atoms with Gasteiger partial charge in [-0.25, -0.2) is 0 Å². The smallest absolute Gasteiger partial charge is 0.137 e. The van der Waals surface area contributed by atoms with Gasteiger partial charge in [-0.1, -0.05) is 286 Å². The van der Waals surface area contributed by atoms with E-state index in [1.807, 2.05) is 22.7 Å². The van der Waals surface area contributed by atoms with Crippen LogP contribution >= 0.6 is 46.1 Å². The van der Waals surface area contributed by atoms with E-state index in [4.69, 9.17) is 27.0 Å². The summed E-state index contributed by atoms with van der Waals surface area (Å²) in [4.78, 5) is 2.53. The molecular weight excluding hydrogens is 1110 g/mol. The standard InChI is InChI=1S/C74H114N4O2S4/c1-7-13-19-25-29-31-35-39-45-57(43-37-33-27-21-15-9-3)49-59-51-65(81-55-59)61-53-63-67(71-69(61)75-83-77-71)74(80-48-42-24-18-12-6)64-54-62(70-72(78-84-76-70)68(64)73(63)79-47-41-23-17-11-5)66-52-60(56-82-66)50-58(44-38-34-28-22-16-10-4)46-40-36-32-30-26-20-14-8-2/h51-58H,7-50H2,1-6H3. The van der Waals surface area contributed by atoms with Crippen molar-refractivity contribution >= 4 is 89.7 Å². The van der Waals surface area contributed by atoms with Crippen LogP contribution in [0.5, 0.6) is 11.5 Å². The lowest BCUT2D eigenvalue weighted by Crippen LogP contribution is -2.05. The molecule has 0 spiro atoms. The predicted molar refractivity (Wildman–Crippen MR) is 374 cm³/mol. The van der Waals surface area contributed by atoms with Gasteiger partial charge in [0.25, 0.3) is 0 Å². The van der Waals surface area contributed by atoms with Crippen molar-refractivity contribution < 1.29 is 9.47 Å². The lowest BCUT2D eigenvalue weighted by Gasteiger charge is -2.20. The Morgan fingerprint density at radius 2 is 0.619 bits per heavy atom. The zero-order valence-corrected chi connectivity index (χ0v) is 57.2. The number of ether oxygens (including phenoxy) is 2. The van der Waals surface area contributed by atoms with Gasteiger partial charge >= 0.3 is 0 Å². The van der Waals surface area contributed by atoms with Crippen molar-refractivity contribution in [1.29, 1.82) is 0 Å². The van der Waals surface area contributed by atoms with Crippen molar-refractivity contribution in [3.05, 3.63) is 46.2 Å². The molecule has 0 saturated carbocycles. The Morgan fingerprint density at radius 3 is 0.940 bits per heavy atom. The summed E-state index contributed by atoms with van der Waals surface area (Å²) in [6.07, 6.45) is 55.2. The van der Waals surface area contributed by atoms with E-state index in [1.165, 1.54) is 275 Å². The highest BCUT2D eigenvalue weighted by Crippen LogP contribution is 2.52. The molecule has 0 bridgehead atoms. The normalized spacial score (nSPS) is 12.7. The number of benzene rings is 3. The van der Waals surface area contributed by atoms with Crippen LogP contribution in [0.4, 0.5) is 0 Å². The summed E-state index contributed by atoms with van der Waals surface area (Å²) in [5.41, 5.74) is 9.02. The first-order chi connectivity index (χ1) is 41.5. The quantitative estimate of drug-likeness (QED) is 0.0280. The van der Waals surface area contributed by atoms with Crippen LogP contribution < -0.4 is 9.47 Å². The maximum atomic E-state index is 7.26. The summed E-state index contributed by atoms with van der Waals surface area (Å²) in [5.74, 6) is 3.23. The summed E-state index contributed by atoms with van der Waals surface area (Å²) < 4.78 is 35.3. The lowest BCUT2D eigenvalue weighted by atomic mass is 9.89. The molecule has 7 rings (SSSR count). The maximum absolute atomic E-state index is 7.26. The fourth-order valence-corrected chi connectivity index (χ4v) is 16.2. The molecule has 2 atom stereocenters. The molecule has 4 aromatic heterocycles. The molecule has 2 unspecified atom stereocenters. The molecule has 4 heterocycles. The van der Waals surface area contributed by atoms with E-state index in [2.05, 4.69) is 76.6 Å². The van der Waals surface area contributed by atoms with Crippen LogP contribution in [0.2, 0.25) is 0 Å². The van der Waals surface area contributed by atoms with Crippen LogP contribution in [0.25, 0.3) is 64.5 Å². The van der Waals surface area contributed by atoms with Crippen LogP contribution in [0, 0.1) is 11.8 Å². The Balaban J connectivity index is 1.25. The predicted octanol–water partition coefficient (Wildman–Crippen LogP) is 26.3. The largest absolute Gasteiger partial charge is 0.492 e. The first-order valence-corrected chi connectivity index (χ1v) is 38.5. The van der Waals surface area contributed by atoms with Crippen molar-refractivity contribution in [3.8, 4) is 32.4 Å². The van der Waals surface area contributed by atoms with Crippen LogP contribution in [0.1, 0.15) is 310 Å². The molecule has 0 N–H and O–H groups in total. The fourth-order valence-electron chi connectivity index (χ4n) is 13.2. The van der Waals surface area contributed by atoms with Gasteiger partial charge in [0.15, 0.2) is 0 Å². The van der Waals surface area contributed by atoms with E-state index >= 15 is 0 Å². The van der Waals surface area contributed by atoms with Crippen LogP contribution in [-0.2, 0) is 12.8 Å². The summed E-state index contributed by atoms with van der Waals surface area (Å²) in [7, 11) is 0. The van der Waals surface area contributed by atoms with Gasteiger partial charge < -0.3 is 9.47 Å². The van der Waals surface area contributed by atoms with Gasteiger partial charge in [-0.2, -0.15) is 17.5 Å². The number of thiophene rings is 2. The number of unbranched alkanes of at least 4 members (excludes halogenated alkanes) is 30. The number of rotatable bonds is 50. The molecule has 0 radical (unpaired) electrons. The minimum Gasteiger partial charge on any atom is -0.492 e. The number of fused-ring (bicyclic) bond motifs is 6. The van der Waals surface area contributed by atoms with E-state index in [-0.39, 0.29) is 0 Å². The van der Waals surface area contributed by atoms with Crippen molar-refractivity contribution in [1.82, 2.24) is 17.5 Å². The molecule has 0 aliphatic rings. The fraction of sp³-hybridized carbons (Fsp3) is 0.703. The van der Waals surface area contributed by atoms with E-state index < -0.39 is 0 Å². The van der Waals surface area contributed by atoms with E-state index in [0.717, 1.165) is 117 Å². The molecule has 3 aromatic carbocycles. The van der Waals surface area contributed by atoms with Gasteiger partial charge in [0.2, 0.25) is 0 Å². The second-order valence-corrected chi connectivity index (χ2v) is 28.4. The Hall–Kier alpha value is -3.18. The topological polar surface area (TPSA) is 70.0 Å². The molecule has 84 heavy (non-hydrogen) atoms. The molecule has 466 valence electrons. The summed E-state index contributed by atoms with van der Waals surface area (Å²) in [6, 6.07) is 9.80. The maximum Gasteiger partial charge on any atom is 0.137 e. The highest BCUT2D eigenvalue weighted by molar-refractivity contribution is 7.14. The van der Waals surface area contributed by atoms with Gasteiger partial charge in [-0.05, 0) is 83.7 Å². The first-order valence-electron chi connectivity index (χ1n) is 35.3. The van der Waals surface area contributed by atoms with Gasteiger partial charge in [0.05, 0.1) is 47.4 Å². The second-order valence-electron chi connectivity index (χ2n) is 25.5. The highest BCUT2D eigenvalue weighted by atomic mass is 32.1. The third kappa shape index (κ3) is 21.6. The van der Waals surface area contributed by atoms with E-state index in [0.29, 0.717) is 13.2 Å². The SMILES string of the molecule is CCCCCCCCCCC(CCCCCCCC)Cc1csc(-c2cc3c(OCCCCCC)c4c(cc(-c5cc(CC(CCCCCCCC)CCCCCCCCCC)cs5)c5nsnc54)c(OCCCCCC)c3c3nsnc23)c1. The van der Waals surface area contributed by atoms with Crippen molar-refractivity contribution in [2.45, 2.75) is 311 Å². The average Bonchev–Trinajstić information content (AvgIpc) is 1.34. The summed E-state index contributed by atoms with van der Waals surface area (Å²) in [6.45, 7) is 15.1. The molecule has 7 aromatic rings. The molecule has 0 amide bonds. The summed E-state index contributed by atoms with van der Waals surface area (Å²) in [5, 5.41) is 9.06. The van der Waals surface area contributed by atoms with E-state index in [9.17, 15) is 0 Å². The zero-order valence-electron chi connectivity index (χ0n) is 54.0. The Kier molecular flexibility index (Phi) is 32.8. The molecular formula is C74H114N4O2S4. The lowest BCUT2D eigenvalue weighted by molar-refractivity contribution is 0.307. The Morgan fingerprint density at radius 1 is 0.333 bits per heavy atom. The van der Waals surface area contributed by atoms with Gasteiger partial charge in [0.1, 0.15) is 33.6 Å². The van der Waals surface area contributed by atoms with Gasteiger partial charge in [-0.15, -0.1) is 22.7 Å². The minimum atomic E-state index is 0.639. The monoisotopic (exact) mass is 1220 g/mol. The first kappa shape index (κ1) is 68.3. The summed E-state index contributed by atoms with van der Waals surface area (Å²) >= 11 is 6.42. The third-order valence-electron chi connectivity index (χ3n) is 18.3. The van der Waals surface area contributed by atoms with Gasteiger partial charge in [0, 0.05) is 31.7 Å². The Labute approximate surface area is 527 Å². The molecule has 0 aliphatic carbocycles.